The zero-order valence-electron chi connectivity index (χ0n) is 14.3. The predicted octanol–water partition coefficient (Wildman–Crippen LogP) is 4.07. The number of anilines is 1. The number of nitrogens with zero attached hydrogens (tertiary/aromatic N) is 2. The summed E-state index contributed by atoms with van der Waals surface area (Å²) in [6.07, 6.45) is 1.08. The Balaban J connectivity index is 3.01. The van der Waals surface area contributed by atoms with Crippen molar-refractivity contribution >= 4 is 5.69 Å². The minimum atomic E-state index is 0.0810. The maximum Gasteiger partial charge on any atom is 0.101 e. The van der Waals surface area contributed by atoms with Gasteiger partial charge in [0.05, 0.1) is 11.3 Å². The molecule has 1 aromatic carbocycles. The van der Waals surface area contributed by atoms with Crippen molar-refractivity contribution in [3.8, 4) is 6.07 Å². The van der Waals surface area contributed by atoms with Crippen molar-refractivity contribution in [2.45, 2.75) is 66.1 Å². The van der Waals surface area contributed by atoms with E-state index in [0.29, 0.717) is 6.04 Å². The van der Waals surface area contributed by atoms with E-state index in [4.69, 9.17) is 0 Å². The van der Waals surface area contributed by atoms with Gasteiger partial charge in [0.1, 0.15) is 6.07 Å². The predicted molar refractivity (Wildman–Crippen MR) is 90.5 cm³/mol. The summed E-state index contributed by atoms with van der Waals surface area (Å²) in [5.41, 5.74) is 3.06. The second-order valence-corrected chi connectivity index (χ2v) is 6.61. The Hall–Kier alpha value is -1.53. The molecule has 0 saturated carbocycles. The van der Waals surface area contributed by atoms with Crippen molar-refractivity contribution in [3.05, 3.63) is 29.3 Å². The molecule has 1 N–H and O–H groups in total. The van der Waals surface area contributed by atoms with E-state index in [1.165, 1.54) is 0 Å². The van der Waals surface area contributed by atoms with Gasteiger partial charge in [0.15, 0.2) is 0 Å². The van der Waals surface area contributed by atoms with Crippen LogP contribution in [0.1, 0.15) is 59.1 Å². The van der Waals surface area contributed by atoms with E-state index in [9.17, 15) is 5.26 Å². The Morgan fingerprint density at radius 3 is 2.43 bits per heavy atom. The molecule has 0 aromatic heterocycles. The molecule has 0 aliphatic rings. The van der Waals surface area contributed by atoms with Crippen molar-refractivity contribution in [2.24, 2.45) is 0 Å². The molecule has 3 nitrogen and oxygen atoms in total. The van der Waals surface area contributed by atoms with Crippen LogP contribution in [0.15, 0.2) is 18.2 Å². The molecule has 0 heterocycles. The summed E-state index contributed by atoms with van der Waals surface area (Å²) in [5.74, 6) is 0. The molecular weight excluding hydrogens is 258 g/mol. The number of rotatable bonds is 6. The third-order valence-electron chi connectivity index (χ3n) is 3.78. The van der Waals surface area contributed by atoms with Crippen LogP contribution >= 0.6 is 0 Å². The molecule has 116 valence electrons. The maximum atomic E-state index is 9.47. The lowest BCUT2D eigenvalue weighted by atomic mass is 10.0. The van der Waals surface area contributed by atoms with Crippen molar-refractivity contribution < 1.29 is 0 Å². The van der Waals surface area contributed by atoms with E-state index < -0.39 is 0 Å². The first-order chi connectivity index (χ1) is 9.82. The summed E-state index contributed by atoms with van der Waals surface area (Å²) in [4.78, 5) is 2.31. The van der Waals surface area contributed by atoms with Crippen LogP contribution in [0.3, 0.4) is 0 Å². The molecule has 0 spiro atoms. The number of nitriles is 1. The Morgan fingerprint density at radius 2 is 1.95 bits per heavy atom. The fraction of sp³-hybridized carbons (Fsp3) is 0.611. The minimum absolute atomic E-state index is 0.0810. The second kappa shape index (κ2) is 7.47. The van der Waals surface area contributed by atoms with Crippen LogP contribution in [0.25, 0.3) is 0 Å². The molecule has 21 heavy (non-hydrogen) atoms. The first-order valence-electron chi connectivity index (χ1n) is 7.87. The molecule has 0 fully saturated rings. The summed E-state index contributed by atoms with van der Waals surface area (Å²) in [6.45, 7) is 14.7. The van der Waals surface area contributed by atoms with Gasteiger partial charge in [-0.05, 0) is 58.7 Å². The quantitative estimate of drug-likeness (QED) is 0.857. The molecule has 0 radical (unpaired) electrons. The van der Waals surface area contributed by atoms with Crippen LogP contribution in [0.5, 0.6) is 0 Å². The summed E-state index contributed by atoms with van der Waals surface area (Å²) >= 11 is 0. The van der Waals surface area contributed by atoms with Crippen LogP contribution in [-0.4, -0.2) is 18.1 Å². The summed E-state index contributed by atoms with van der Waals surface area (Å²) < 4.78 is 0. The summed E-state index contributed by atoms with van der Waals surface area (Å²) in [6, 6.07) is 9.03. The Labute approximate surface area is 130 Å². The highest BCUT2D eigenvalue weighted by atomic mass is 15.2. The first-order valence-corrected chi connectivity index (χ1v) is 7.87. The van der Waals surface area contributed by atoms with E-state index in [1.807, 2.05) is 6.07 Å². The average Bonchev–Trinajstić information content (AvgIpc) is 2.45. The molecule has 1 rings (SSSR count). The normalized spacial score (nSPS) is 12.8. The molecule has 0 aliphatic heterocycles. The fourth-order valence-electron chi connectivity index (χ4n) is 2.34. The van der Waals surface area contributed by atoms with Crippen LogP contribution in [0.4, 0.5) is 5.69 Å². The third-order valence-corrected chi connectivity index (χ3v) is 3.78. The van der Waals surface area contributed by atoms with Crippen molar-refractivity contribution in [1.29, 1.82) is 5.26 Å². The van der Waals surface area contributed by atoms with E-state index >= 15 is 0 Å². The molecule has 1 unspecified atom stereocenters. The lowest BCUT2D eigenvalue weighted by molar-refractivity contribution is 0.424. The van der Waals surface area contributed by atoms with Crippen LogP contribution in [0.2, 0.25) is 0 Å². The van der Waals surface area contributed by atoms with E-state index in [0.717, 1.165) is 36.3 Å². The van der Waals surface area contributed by atoms with Gasteiger partial charge in [0.2, 0.25) is 0 Å². The zero-order valence-corrected chi connectivity index (χ0v) is 14.3. The largest absolute Gasteiger partial charge is 0.368 e. The number of benzene rings is 1. The number of nitrogens with one attached hydrogen (secondary N) is 1. The smallest absolute Gasteiger partial charge is 0.101 e. The van der Waals surface area contributed by atoms with Crippen LogP contribution < -0.4 is 10.2 Å². The van der Waals surface area contributed by atoms with Gasteiger partial charge in [-0.15, -0.1) is 0 Å². The molecule has 0 saturated heterocycles. The van der Waals surface area contributed by atoms with Gasteiger partial charge in [-0.1, -0.05) is 13.0 Å². The van der Waals surface area contributed by atoms with Gasteiger partial charge in [0, 0.05) is 24.7 Å². The van der Waals surface area contributed by atoms with Gasteiger partial charge >= 0.3 is 0 Å². The van der Waals surface area contributed by atoms with E-state index in [-0.39, 0.29) is 5.54 Å². The standard InChI is InChI=1S/C18H29N3/c1-7-14(3)21(8-2)17-10-9-15(11-16(17)12-19)13-20-18(4,5)6/h9-11,14,20H,7-8,13H2,1-6H3. The zero-order chi connectivity index (χ0) is 16.0. The SMILES string of the molecule is CCC(C)N(CC)c1ccc(CNC(C)(C)C)cc1C#N. The second-order valence-electron chi connectivity index (χ2n) is 6.61. The number of hydrogen-bond acceptors (Lipinski definition) is 3. The highest BCUT2D eigenvalue weighted by Crippen LogP contribution is 2.24. The Kier molecular flexibility index (Phi) is 6.23. The highest BCUT2D eigenvalue weighted by molar-refractivity contribution is 5.61. The Bertz CT molecular complexity index is 494. The summed E-state index contributed by atoms with van der Waals surface area (Å²) in [7, 11) is 0. The van der Waals surface area contributed by atoms with Gasteiger partial charge in [-0.3, -0.25) is 0 Å². The van der Waals surface area contributed by atoms with Gasteiger partial charge in [0.25, 0.3) is 0 Å². The monoisotopic (exact) mass is 287 g/mol. The van der Waals surface area contributed by atoms with Crippen molar-refractivity contribution in [3.63, 3.8) is 0 Å². The van der Waals surface area contributed by atoms with Gasteiger partial charge in [-0.2, -0.15) is 5.26 Å². The van der Waals surface area contributed by atoms with Crippen LogP contribution in [-0.2, 0) is 6.54 Å². The number of hydrogen-bond donors (Lipinski definition) is 1. The lowest BCUT2D eigenvalue weighted by Crippen LogP contribution is -2.35. The van der Waals surface area contributed by atoms with Crippen LogP contribution in [0, 0.1) is 11.3 Å². The van der Waals surface area contributed by atoms with E-state index in [1.54, 1.807) is 0 Å². The first kappa shape index (κ1) is 17.5. The minimum Gasteiger partial charge on any atom is -0.368 e. The lowest BCUT2D eigenvalue weighted by Gasteiger charge is -2.30. The topological polar surface area (TPSA) is 39.1 Å². The molecule has 1 aromatic rings. The van der Waals surface area contributed by atoms with Crippen molar-refractivity contribution in [1.82, 2.24) is 5.32 Å². The Morgan fingerprint density at radius 1 is 1.29 bits per heavy atom. The molecule has 1 atom stereocenters. The molecule has 3 heteroatoms. The molecule has 0 amide bonds. The average molecular weight is 287 g/mol. The van der Waals surface area contributed by atoms with Crippen molar-refractivity contribution in [2.75, 3.05) is 11.4 Å². The molecule has 0 bridgehead atoms. The van der Waals surface area contributed by atoms with E-state index in [2.05, 4.69) is 70.0 Å². The van der Waals surface area contributed by atoms with Gasteiger partial charge in [-0.25, -0.2) is 0 Å². The van der Waals surface area contributed by atoms with Gasteiger partial charge < -0.3 is 10.2 Å². The highest BCUT2D eigenvalue weighted by Gasteiger charge is 2.16. The molecular formula is C18H29N3. The molecule has 0 aliphatic carbocycles. The maximum absolute atomic E-state index is 9.47. The third kappa shape index (κ3) is 5.06. The summed E-state index contributed by atoms with van der Waals surface area (Å²) in [5, 5.41) is 12.9. The fourth-order valence-corrected chi connectivity index (χ4v) is 2.34.